The summed E-state index contributed by atoms with van der Waals surface area (Å²) >= 11 is 0. The van der Waals surface area contributed by atoms with Gasteiger partial charge in [-0.05, 0) is 19.8 Å². The Morgan fingerprint density at radius 2 is 2.35 bits per heavy atom. The maximum atomic E-state index is 12.2. The normalized spacial score (nSPS) is 18.4. The zero-order valence-electron chi connectivity index (χ0n) is 11.4. The summed E-state index contributed by atoms with van der Waals surface area (Å²) < 4.78 is 4.85. The van der Waals surface area contributed by atoms with Gasteiger partial charge in [0.05, 0.1) is 12.8 Å². The molecule has 0 saturated carbocycles. The van der Waals surface area contributed by atoms with Gasteiger partial charge in [-0.2, -0.15) is 0 Å². The van der Waals surface area contributed by atoms with Gasteiger partial charge in [-0.3, -0.25) is 9.78 Å². The summed E-state index contributed by atoms with van der Waals surface area (Å²) in [5.41, 5.74) is 0.323. The molecular formula is C13H18N4O3. The Kier molecular flexibility index (Phi) is 4.86. The van der Waals surface area contributed by atoms with Crippen molar-refractivity contribution in [2.75, 3.05) is 19.7 Å². The average molecular weight is 278 g/mol. The molecule has 1 unspecified atom stereocenters. The fraction of sp³-hybridized carbons (Fsp3) is 0.538. The van der Waals surface area contributed by atoms with E-state index >= 15 is 0 Å². The second-order valence-electron chi connectivity index (χ2n) is 4.55. The Morgan fingerprint density at radius 3 is 3.05 bits per heavy atom. The lowest BCUT2D eigenvalue weighted by atomic mass is 10.1. The highest BCUT2D eigenvalue weighted by Gasteiger charge is 2.26. The lowest BCUT2D eigenvalue weighted by Crippen LogP contribution is -2.49. The van der Waals surface area contributed by atoms with Crippen molar-refractivity contribution in [2.45, 2.75) is 25.8 Å². The second kappa shape index (κ2) is 6.83. The van der Waals surface area contributed by atoms with E-state index in [2.05, 4.69) is 15.3 Å². The largest absolute Gasteiger partial charge is 0.450 e. The SMILES string of the molecule is CCOC(=O)NC1CCCN(C(=O)c2cnccn2)C1. The molecule has 2 rings (SSSR count). The highest BCUT2D eigenvalue weighted by Crippen LogP contribution is 2.12. The van der Waals surface area contributed by atoms with Crippen molar-refractivity contribution in [2.24, 2.45) is 0 Å². The molecule has 7 heteroatoms. The summed E-state index contributed by atoms with van der Waals surface area (Å²) in [6.07, 6.45) is 5.70. The zero-order valence-corrected chi connectivity index (χ0v) is 11.4. The Hall–Kier alpha value is -2.18. The third-order valence-corrected chi connectivity index (χ3v) is 3.09. The number of alkyl carbamates (subject to hydrolysis) is 1. The summed E-state index contributed by atoms with van der Waals surface area (Å²) in [7, 11) is 0. The van der Waals surface area contributed by atoms with Crippen LogP contribution in [0.2, 0.25) is 0 Å². The second-order valence-corrected chi connectivity index (χ2v) is 4.55. The van der Waals surface area contributed by atoms with Crippen molar-refractivity contribution >= 4 is 12.0 Å². The van der Waals surface area contributed by atoms with E-state index < -0.39 is 6.09 Å². The highest BCUT2D eigenvalue weighted by atomic mass is 16.5. The molecule has 0 aromatic carbocycles. The molecule has 1 aromatic heterocycles. The van der Waals surface area contributed by atoms with Gasteiger partial charge in [0.15, 0.2) is 0 Å². The van der Waals surface area contributed by atoms with Crippen LogP contribution in [-0.2, 0) is 4.74 Å². The summed E-state index contributed by atoms with van der Waals surface area (Å²) in [5.74, 6) is -0.159. The van der Waals surface area contributed by atoms with Gasteiger partial charge in [-0.15, -0.1) is 0 Å². The van der Waals surface area contributed by atoms with Crippen LogP contribution in [0.4, 0.5) is 4.79 Å². The Balaban J connectivity index is 1.93. The number of piperidine rings is 1. The van der Waals surface area contributed by atoms with Crippen LogP contribution in [0.25, 0.3) is 0 Å². The fourth-order valence-corrected chi connectivity index (χ4v) is 2.19. The van der Waals surface area contributed by atoms with Gasteiger partial charge in [0.2, 0.25) is 0 Å². The van der Waals surface area contributed by atoms with Crippen LogP contribution in [0.1, 0.15) is 30.3 Å². The predicted molar refractivity (Wildman–Crippen MR) is 71.1 cm³/mol. The number of likely N-dealkylation sites (tertiary alicyclic amines) is 1. The molecule has 1 aliphatic heterocycles. The minimum absolute atomic E-state index is 0.0802. The smallest absolute Gasteiger partial charge is 0.407 e. The molecule has 0 radical (unpaired) electrons. The number of amides is 2. The molecule has 1 saturated heterocycles. The number of hydrogen-bond donors (Lipinski definition) is 1. The molecule has 7 nitrogen and oxygen atoms in total. The van der Waals surface area contributed by atoms with Gasteiger partial charge in [0.1, 0.15) is 5.69 Å². The maximum Gasteiger partial charge on any atom is 0.407 e. The first-order valence-corrected chi connectivity index (χ1v) is 6.69. The Labute approximate surface area is 117 Å². The van der Waals surface area contributed by atoms with Gasteiger partial charge < -0.3 is 15.0 Å². The molecule has 20 heavy (non-hydrogen) atoms. The van der Waals surface area contributed by atoms with E-state index in [0.29, 0.717) is 25.4 Å². The van der Waals surface area contributed by atoms with Crippen molar-refractivity contribution in [3.63, 3.8) is 0 Å². The summed E-state index contributed by atoms with van der Waals surface area (Å²) in [6.45, 7) is 3.22. The number of rotatable bonds is 3. The number of ether oxygens (including phenoxy) is 1. The monoisotopic (exact) mass is 278 g/mol. The number of nitrogens with one attached hydrogen (secondary N) is 1. The Bertz CT molecular complexity index is 466. The molecular weight excluding hydrogens is 260 g/mol. The number of nitrogens with zero attached hydrogens (tertiary/aromatic N) is 3. The molecule has 0 bridgehead atoms. The van der Waals surface area contributed by atoms with Gasteiger partial charge in [-0.1, -0.05) is 0 Å². The van der Waals surface area contributed by atoms with E-state index in [1.165, 1.54) is 18.6 Å². The molecule has 0 spiro atoms. The third-order valence-electron chi connectivity index (χ3n) is 3.09. The first-order chi connectivity index (χ1) is 9.70. The van der Waals surface area contributed by atoms with E-state index in [1.807, 2.05) is 0 Å². The summed E-state index contributed by atoms with van der Waals surface area (Å²) in [4.78, 5) is 33.2. The first kappa shape index (κ1) is 14.2. The van der Waals surface area contributed by atoms with Crippen molar-refractivity contribution in [3.05, 3.63) is 24.3 Å². The molecule has 0 aliphatic carbocycles. The van der Waals surface area contributed by atoms with Crippen LogP contribution in [0, 0.1) is 0 Å². The average Bonchev–Trinajstić information content (AvgIpc) is 2.48. The standard InChI is InChI=1S/C13H18N4O3/c1-2-20-13(19)16-10-4-3-7-17(9-10)12(18)11-8-14-5-6-15-11/h5-6,8,10H,2-4,7,9H2,1H3,(H,16,19). The Morgan fingerprint density at radius 1 is 1.50 bits per heavy atom. The van der Waals surface area contributed by atoms with Gasteiger partial charge in [0.25, 0.3) is 5.91 Å². The van der Waals surface area contributed by atoms with Crippen LogP contribution in [0.5, 0.6) is 0 Å². The van der Waals surface area contributed by atoms with E-state index in [0.717, 1.165) is 12.8 Å². The molecule has 2 heterocycles. The topological polar surface area (TPSA) is 84.4 Å². The van der Waals surface area contributed by atoms with Gasteiger partial charge in [-0.25, -0.2) is 9.78 Å². The lowest BCUT2D eigenvalue weighted by Gasteiger charge is -2.32. The highest BCUT2D eigenvalue weighted by molar-refractivity contribution is 5.92. The molecule has 1 aromatic rings. The molecule has 1 atom stereocenters. The molecule has 108 valence electrons. The van der Waals surface area contributed by atoms with Crippen molar-refractivity contribution in [1.29, 1.82) is 0 Å². The van der Waals surface area contributed by atoms with Crippen LogP contribution < -0.4 is 5.32 Å². The maximum absolute atomic E-state index is 12.2. The number of carbonyl (C=O) groups is 2. The van der Waals surface area contributed by atoms with Crippen LogP contribution in [0.15, 0.2) is 18.6 Å². The van der Waals surface area contributed by atoms with Crippen LogP contribution in [-0.4, -0.2) is 52.6 Å². The minimum Gasteiger partial charge on any atom is -0.450 e. The van der Waals surface area contributed by atoms with Gasteiger partial charge >= 0.3 is 6.09 Å². The molecule has 1 fully saturated rings. The number of carbonyl (C=O) groups excluding carboxylic acids is 2. The lowest BCUT2D eigenvalue weighted by molar-refractivity contribution is 0.0680. The predicted octanol–water partition coefficient (Wildman–Crippen LogP) is 0.827. The summed E-state index contributed by atoms with van der Waals surface area (Å²) in [5, 5.41) is 2.77. The zero-order chi connectivity index (χ0) is 14.4. The van der Waals surface area contributed by atoms with Crippen molar-refractivity contribution in [3.8, 4) is 0 Å². The third kappa shape index (κ3) is 3.66. The van der Waals surface area contributed by atoms with E-state index in [4.69, 9.17) is 4.74 Å². The molecule has 1 aliphatic rings. The van der Waals surface area contributed by atoms with Gasteiger partial charge in [0, 0.05) is 31.5 Å². The van der Waals surface area contributed by atoms with E-state index in [9.17, 15) is 9.59 Å². The quantitative estimate of drug-likeness (QED) is 0.885. The fourth-order valence-electron chi connectivity index (χ4n) is 2.19. The molecule has 1 N–H and O–H groups in total. The minimum atomic E-state index is -0.439. The summed E-state index contributed by atoms with van der Waals surface area (Å²) in [6, 6.07) is -0.0802. The number of hydrogen-bond acceptors (Lipinski definition) is 5. The van der Waals surface area contributed by atoms with Crippen LogP contribution in [0.3, 0.4) is 0 Å². The van der Waals surface area contributed by atoms with E-state index in [-0.39, 0.29) is 11.9 Å². The van der Waals surface area contributed by atoms with Crippen molar-refractivity contribution < 1.29 is 14.3 Å². The van der Waals surface area contributed by atoms with Crippen LogP contribution >= 0.6 is 0 Å². The van der Waals surface area contributed by atoms with Crippen molar-refractivity contribution in [1.82, 2.24) is 20.2 Å². The van der Waals surface area contributed by atoms with E-state index in [1.54, 1.807) is 11.8 Å². The molecule has 2 amide bonds. The first-order valence-electron chi connectivity index (χ1n) is 6.69. The number of aromatic nitrogens is 2.